The lowest BCUT2D eigenvalue weighted by atomic mass is 10.1. The number of hydrogen-bond acceptors (Lipinski definition) is 4. The summed E-state index contributed by atoms with van der Waals surface area (Å²) in [6, 6.07) is 13.3. The van der Waals surface area contributed by atoms with E-state index in [4.69, 9.17) is 16.3 Å². The molecule has 0 bridgehead atoms. The number of halogens is 1. The zero-order valence-electron chi connectivity index (χ0n) is 15.3. The molecule has 0 spiro atoms. The molecule has 144 valence electrons. The average Bonchev–Trinajstić information content (AvgIpc) is 2.69. The van der Waals surface area contributed by atoms with Gasteiger partial charge in [-0.25, -0.2) is 4.79 Å². The minimum Gasteiger partial charge on any atom is -0.497 e. The summed E-state index contributed by atoms with van der Waals surface area (Å²) < 4.78 is 5.14. The highest BCUT2D eigenvalue weighted by molar-refractivity contribution is 7.99. The summed E-state index contributed by atoms with van der Waals surface area (Å²) in [5, 5.41) is 6.37. The molecule has 1 aliphatic rings. The van der Waals surface area contributed by atoms with Crippen molar-refractivity contribution in [2.45, 2.75) is 6.42 Å². The second-order valence-corrected chi connectivity index (χ2v) is 7.88. The fourth-order valence-corrected chi connectivity index (χ4v) is 4.14. The Morgan fingerprint density at radius 1 is 1.19 bits per heavy atom. The fourth-order valence-electron chi connectivity index (χ4n) is 2.93. The molecule has 0 radical (unpaired) electrons. The number of ether oxygens (including phenoxy) is 1. The molecular weight excluding hydrogens is 382 g/mol. The topological polar surface area (TPSA) is 53.6 Å². The molecule has 0 atom stereocenters. The van der Waals surface area contributed by atoms with E-state index in [0.29, 0.717) is 17.3 Å². The first-order valence-corrected chi connectivity index (χ1v) is 10.5. The number of urea groups is 1. The number of carbonyl (C=O) groups excluding carboxylic acids is 1. The number of hydrogen-bond donors (Lipinski definition) is 2. The first-order chi connectivity index (χ1) is 13.2. The van der Waals surface area contributed by atoms with E-state index in [0.717, 1.165) is 48.0 Å². The average molecular weight is 406 g/mol. The lowest BCUT2D eigenvalue weighted by molar-refractivity contribution is 0.252. The third-order valence-corrected chi connectivity index (χ3v) is 5.66. The molecule has 5 nitrogen and oxygen atoms in total. The van der Waals surface area contributed by atoms with E-state index in [1.165, 1.54) is 0 Å². The van der Waals surface area contributed by atoms with Gasteiger partial charge in [-0.3, -0.25) is 0 Å². The molecular formula is C20H24ClN3O2S. The van der Waals surface area contributed by atoms with Gasteiger partial charge in [-0.15, -0.1) is 0 Å². The van der Waals surface area contributed by atoms with Crippen molar-refractivity contribution < 1.29 is 9.53 Å². The maximum absolute atomic E-state index is 12.1. The molecule has 0 aliphatic carbocycles. The van der Waals surface area contributed by atoms with Crippen LogP contribution >= 0.6 is 23.4 Å². The third kappa shape index (κ3) is 5.71. The molecule has 1 saturated heterocycles. The molecule has 1 aliphatic heterocycles. The smallest absolute Gasteiger partial charge is 0.319 e. The van der Waals surface area contributed by atoms with Gasteiger partial charge in [-0.1, -0.05) is 23.7 Å². The molecule has 0 unspecified atom stereocenters. The largest absolute Gasteiger partial charge is 0.497 e. The van der Waals surface area contributed by atoms with E-state index in [1.807, 2.05) is 54.2 Å². The number of amides is 2. The van der Waals surface area contributed by atoms with Crippen molar-refractivity contribution in [1.82, 2.24) is 5.32 Å². The van der Waals surface area contributed by atoms with Gasteiger partial charge < -0.3 is 20.3 Å². The van der Waals surface area contributed by atoms with Gasteiger partial charge in [0.25, 0.3) is 0 Å². The van der Waals surface area contributed by atoms with Crippen LogP contribution in [0.25, 0.3) is 0 Å². The van der Waals surface area contributed by atoms with E-state index in [1.54, 1.807) is 7.11 Å². The van der Waals surface area contributed by atoms with Gasteiger partial charge in [-0.2, -0.15) is 11.8 Å². The standard InChI is InChI=1S/C20H24ClN3O2S/c1-26-17-5-2-15(3-6-17)8-9-22-20(25)23-16-4-7-19(18(21)14-16)24-10-12-27-13-11-24/h2-7,14H,8-13H2,1H3,(H2,22,23,25). The highest BCUT2D eigenvalue weighted by atomic mass is 35.5. The van der Waals surface area contributed by atoms with E-state index < -0.39 is 0 Å². The van der Waals surface area contributed by atoms with Gasteiger partial charge in [0.05, 0.1) is 17.8 Å². The van der Waals surface area contributed by atoms with Gasteiger partial charge >= 0.3 is 6.03 Å². The summed E-state index contributed by atoms with van der Waals surface area (Å²) in [6.45, 7) is 2.56. The normalized spacial score (nSPS) is 13.9. The predicted octanol–water partition coefficient (Wildman–Crippen LogP) is 4.27. The Morgan fingerprint density at radius 2 is 1.93 bits per heavy atom. The zero-order chi connectivity index (χ0) is 19.1. The molecule has 7 heteroatoms. The molecule has 0 aromatic heterocycles. The molecule has 1 fully saturated rings. The number of anilines is 2. The van der Waals surface area contributed by atoms with Crippen molar-refractivity contribution in [2.75, 3.05) is 48.5 Å². The van der Waals surface area contributed by atoms with Crippen molar-refractivity contribution in [1.29, 1.82) is 0 Å². The van der Waals surface area contributed by atoms with Crippen molar-refractivity contribution in [3.63, 3.8) is 0 Å². The van der Waals surface area contributed by atoms with Crippen molar-refractivity contribution in [3.05, 3.63) is 53.1 Å². The molecule has 2 aromatic carbocycles. The molecule has 27 heavy (non-hydrogen) atoms. The number of thioether (sulfide) groups is 1. The van der Waals surface area contributed by atoms with Gasteiger partial charge in [0, 0.05) is 36.8 Å². The number of rotatable bonds is 6. The van der Waals surface area contributed by atoms with E-state index in [-0.39, 0.29) is 6.03 Å². The van der Waals surface area contributed by atoms with Crippen LogP contribution in [-0.2, 0) is 6.42 Å². The highest BCUT2D eigenvalue weighted by Crippen LogP contribution is 2.30. The van der Waals surface area contributed by atoms with Crippen LogP contribution in [0.1, 0.15) is 5.56 Å². The Labute approximate surface area is 169 Å². The van der Waals surface area contributed by atoms with Gasteiger partial charge in [-0.05, 0) is 42.3 Å². The quantitative estimate of drug-likeness (QED) is 0.753. The monoisotopic (exact) mass is 405 g/mol. The first kappa shape index (κ1) is 19.7. The minimum atomic E-state index is -0.235. The van der Waals surface area contributed by atoms with Crippen molar-refractivity contribution in [3.8, 4) is 5.75 Å². The maximum Gasteiger partial charge on any atom is 0.319 e. The zero-order valence-corrected chi connectivity index (χ0v) is 16.9. The summed E-state index contributed by atoms with van der Waals surface area (Å²) in [4.78, 5) is 14.4. The van der Waals surface area contributed by atoms with Crippen molar-refractivity contribution in [2.24, 2.45) is 0 Å². The minimum absolute atomic E-state index is 0.235. The molecule has 2 amide bonds. The van der Waals surface area contributed by atoms with Gasteiger partial charge in [0.2, 0.25) is 0 Å². The summed E-state index contributed by atoms with van der Waals surface area (Å²) in [7, 11) is 1.64. The maximum atomic E-state index is 12.1. The lowest BCUT2D eigenvalue weighted by Crippen LogP contribution is -2.32. The second kappa shape index (κ2) is 9.76. The van der Waals surface area contributed by atoms with Crippen LogP contribution in [0.15, 0.2) is 42.5 Å². The Kier molecular flexibility index (Phi) is 7.12. The fraction of sp³-hybridized carbons (Fsp3) is 0.350. The number of carbonyl (C=O) groups is 1. The van der Waals surface area contributed by atoms with E-state index in [2.05, 4.69) is 15.5 Å². The number of nitrogens with zero attached hydrogens (tertiary/aromatic N) is 1. The molecule has 2 N–H and O–H groups in total. The summed E-state index contributed by atoms with van der Waals surface area (Å²) in [6.07, 6.45) is 0.754. The van der Waals surface area contributed by atoms with E-state index >= 15 is 0 Å². The first-order valence-electron chi connectivity index (χ1n) is 8.96. The van der Waals surface area contributed by atoms with E-state index in [9.17, 15) is 4.79 Å². The summed E-state index contributed by atoms with van der Waals surface area (Å²) >= 11 is 8.39. The van der Waals surface area contributed by atoms with Crippen molar-refractivity contribution >= 4 is 40.8 Å². The second-order valence-electron chi connectivity index (χ2n) is 6.24. The van der Waals surface area contributed by atoms with Crippen LogP contribution in [0, 0.1) is 0 Å². The Morgan fingerprint density at radius 3 is 2.59 bits per heavy atom. The number of nitrogens with one attached hydrogen (secondary N) is 2. The van der Waals surface area contributed by atoms with Gasteiger partial charge in [0.1, 0.15) is 5.75 Å². The third-order valence-electron chi connectivity index (χ3n) is 4.42. The molecule has 3 rings (SSSR count). The van der Waals surface area contributed by atoms with Crippen LogP contribution in [0.3, 0.4) is 0 Å². The Bertz CT molecular complexity index is 764. The molecule has 0 saturated carbocycles. The summed E-state index contributed by atoms with van der Waals surface area (Å²) in [5.74, 6) is 3.06. The number of benzene rings is 2. The van der Waals surface area contributed by atoms with Crippen LogP contribution in [-0.4, -0.2) is 44.3 Å². The summed E-state index contributed by atoms with van der Waals surface area (Å²) in [5.41, 5.74) is 2.86. The Balaban J connectivity index is 1.47. The van der Waals surface area contributed by atoms with Crippen LogP contribution < -0.4 is 20.3 Å². The number of methoxy groups -OCH3 is 1. The van der Waals surface area contributed by atoms with Crippen LogP contribution in [0.2, 0.25) is 5.02 Å². The van der Waals surface area contributed by atoms with Crippen LogP contribution in [0.5, 0.6) is 5.75 Å². The Hall–Kier alpha value is -2.05. The SMILES string of the molecule is COc1ccc(CCNC(=O)Nc2ccc(N3CCSCC3)c(Cl)c2)cc1. The predicted molar refractivity (Wildman–Crippen MR) is 115 cm³/mol. The molecule has 1 heterocycles. The lowest BCUT2D eigenvalue weighted by Gasteiger charge is -2.29. The van der Waals surface area contributed by atoms with Crippen LogP contribution in [0.4, 0.5) is 16.2 Å². The highest BCUT2D eigenvalue weighted by Gasteiger charge is 2.14. The van der Waals surface area contributed by atoms with Gasteiger partial charge in [0.15, 0.2) is 0 Å². The molecule has 2 aromatic rings.